The smallest absolute Gasteiger partial charge is 0.220 e. The normalized spacial score (nSPS) is 13.7. The van der Waals surface area contributed by atoms with Gasteiger partial charge in [0.15, 0.2) is 0 Å². The largest absolute Gasteiger partial charge is 0.394 e. The third-order valence-electron chi connectivity index (χ3n) is 10.5. The van der Waals surface area contributed by atoms with Crippen molar-refractivity contribution in [2.45, 2.75) is 257 Å². The molecular weight excluding hydrogens is 631 g/mol. The van der Waals surface area contributed by atoms with Crippen LogP contribution in [-0.2, 0) is 4.79 Å². The third kappa shape index (κ3) is 37.0. The molecule has 0 heterocycles. The molecule has 0 bridgehead atoms. The van der Waals surface area contributed by atoms with Crippen LogP contribution >= 0.6 is 0 Å². The van der Waals surface area contributed by atoms with Crippen LogP contribution in [0.15, 0.2) is 24.3 Å². The van der Waals surface area contributed by atoms with Crippen molar-refractivity contribution in [3.63, 3.8) is 0 Å². The number of hydrogen-bond donors (Lipinski definition) is 4. The van der Waals surface area contributed by atoms with Crippen LogP contribution in [0.5, 0.6) is 0 Å². The van der Waals surface area contributed by atoms with Crippen LogP contribution < -0.4 is 5.32 Å². The van der Waals surface area contributed by atoms with Gasteiger partial charge in [-0.3, -0.25) is 4.79 Å². The van der Waals surface area contributed by atoms with Gasteiger partial charge in [0.1, 0.15) is 6.10 Å². The highest BCUT2D eigenvalue weighted by Gasteiger charge is 2.26. The number of aliphatic hydroxyl groups is 3. The van der Waals surface area contributed by atoms with Gasteiger partial charge in [-0.25, -0.2) is 0 Å². The van der Waals surface area contributed by atoms with Crippen LogP contribution in [0, 0.1) is 0 Å². The minimum Gasteiger partial charge on any atom is -0.394 e. The van der Waals surface area contributed by atoms with E-state index in [0.717, 1.165) is 44.9 Å². The fraction of sp³-hybridized carbons (Fsp3) is 0.891. The van der Waals surface area contributed by atoms with Crippen LogP contribution in [0.4, 0.5) is 0 Å². The Balaban J connectivity index is 3.67. The monoisotopic (exact) mass is 720 g/mol. The lowest BCUT2D eigenvalue weighted by molar-refractivity contribution is -0.124. The Morgan fingerprint density at radius 3 is 1.20 bits per heavy atom. The third-order valence-corrected chi connectivity index (χ3v) is 10.5. The van der Waals surface area contributed by atoms with Gasteiger partial charge in [-0.05, 0) is 51.4 Å². The maximum atomic E-state index is 12.4. The molecule has 1 amide bonds. The van der Waals surface area contributed by atoms with Crippen molar-refractivity contribution >= 4 is 5.91 Å². The molecule has 51 heavy (non-hydrogen) atoms. The van der Waals surface area contributed by atoms with Crippen molar-refractivity contribution in [2.24, 2.45) is 0 Å². The molecule has 0 radical (unpaired) electrons. The number of nitrogens with one attached hydrogen (secondary N) is 1. The number of unbranched alkanes of at least 4 members (excludes halogenated alkanes) is 29. The van der Waals surface area contributed by atoms with Gasteiger partial charge in [-0.15, -0.1) is 0 Å². The first-order valence-electron chi connectivity index (χ1n) is 22.6. The molecular formula is C46H89NO4. The van der Waals surface area contributed by atoms with Gasteiger partial charge in [0.2, 0.25) is 5.91 Å². The van der Waals surface area contributed by atoms with E-state index in [4.69, 9.17) is 0 Å². The molecule has 0 fully saturated rings. The van der Waals surface area contributed by atoms with Gasteiger partial charge in [0.25, 0.3) is 0 Å². The number of carbonyl (C=O) groups is 1. The molecule has 3 atom stereocenters. The maximum absolute atomic E-state index is 12.4. The summed E-state index contributed by atoms with van der Waals surface area (Å²) in [5, 5.41) is 33.5. The predicted molar refractivity (Wildman–Crippen MR) is 222 cm³/mol. The molecule has 0 aromatic heterocycles. The first kappa shape index (κ1) is 49.8. The summed E-state index contributed by atoms with van der Waals surface area (Å²) in [5.74, 6) is -0.156. The zero-order valence-corrected chi connectivity index (χ0v) is 34.2. The summed E-state index contributed by atoms with van der Waals surface area (Å²) in [7, 11) is 0. The molecule has 0 rings (SSSR count). The molecule has 4 N–H and O–H groups in total. The second kappa shape index (κ2) is 41.6. The van der Waals surface area contributed by atoms with Crippen molar-refractivity contribution in [2.75, 3.05) is 6.61 Å². The minimum atomic E-state index is -1.16. The molecule has 0 aromatic rings. The first-order chi connectivity index (χ1) is 25.1. The molecule has 0 saturated carbocycles. The summed E-state index contributed by atoms with van der Waals surface area (Å²) in [4.78, 5) is 12.4. The van der Waals surface area contributed by atoms with E-state index in [-0.39, 0.29) is 12.5 Å². The predicted octanol–water partition coefficient (Wildman–Crippen LogP) is 13.0. The van der Waals surface area contributed by atoms with Crippen LogP contribution in [0.2, 0.25) is 0 Å². The average molecular weight is 720 g/mol. The van der Waals surface area contributed by atoms with Gasteiger partial charge < -0.3 is 20.6 Å². The van der Waals surface area contributed by atoms with E-state index in [1.807, 2.05) is 0 Å². The lowest BCUT2D eigenvalue weighted by Gasteiger charge is -2.26. The molecule has 302 valence electrons. The topological polar surface area (TPSA) is 89.8 Å². The molecule has 5 nitrogen and oxygen atoms in total. The van der Waals surface area contributed by atoms with E-state index in [1.54, 1.807) is 0 Å². The summed E-state index contributed by atoms with van der Waals surface area (Å²) in [5.41, 5.74) is 0. The van der Waals surface area contributed by atoms with Gasteiger partial charge in [-0.1, -0.05) is 205 Å². The Bertz CT molecular complexity index is 754. The number of aliphatic hydroxyl groups excluding tert-OH is 3. The van der Waals surface area contributed by atoms with Gasteiger partial charge in [0, 0.05) is 6.42 Å². The van der Waals surface area contributed by atoms with Gasteiger partial charge in [0.05, 0.1) is 18.8 Å². The number of amides is 1. The lowest BCUT2D eigenvalue weighted by Crippen LogP contribution is -2.50. The molecule has 0 aliphatic heterocycles. The fourth-order valence-electron chi connectivity index (χ4n) is 7.00. The highest BCUT2D eigenvalue weighted by Crippen LogP contribution is 2.16. The maximum Gasteiger partial charge on any atom is 0.220 e. The fourth-order valence-corrected chi connectivity index (χ4v) is 7.00. The average Bonchev–Trinajstić information content (AvgIpc) is 3.13. The molecule has 0 aliphatic rings. The molecule has 0 saturated heterocycles. The van der Waals surface area contributed by atoms with Crippen molar-refractivity contribution in [1.29, 1.82) is 0 Å². The number of carbonyl (C=O) groups excluding carboxylic acids is 1. The first-order valence-corrected chi connectivity index (χ1v) is 22.6. The molecule has 5 heteroatoms. The summed E-state index contributed by atoms with van der Waals surface area (Å²) in [6, 6.07) is -0.828. The van der Waals surface area contributed by atoms with Crippen molar-refractivity contribution in [3.8, 4) is 0 Å². The van der Waals surface area contributed by atoms with E-state index >= 15 is 0 Å². The van der Waals surface area contributed by atoms with E-state index in [9.17, 15) is 20.1 Å². The summed E-state index contributed by atoms with van der Waals surface area (Å²) < 4.78 is 0. The highest BCUT2D eigenvalue weighted by atomic mass is 16.3. The molecule has 0 spiro atoms. The number of hydrogen-bond acceptors (Lipinski definition) is 4. The van der Waals surface area contributed by atoms with Crippen LogP contribution in [0.3, 0.4) is 0 Å². The highest BCUT2D eigenvalue weighted by molar-refractivity contribution is 5.76. The number of allylic oxidation sites excluding steroid dienone is 4. The Morgan fingerprint density at radius 1 is 0.471 bits per heavy atom. The zero-order valence-electron chi connectivity index (χ0n) is 34.2. The molecule has 0 aromatic carbocycles. The SMILES string of the molecule is CCCCCCCCCCCCCC/C=C/CC/C=C/CCCC(O)C(O)C(CO)NC(=O)CCCCCCCCCCCCCCCCCC. The second-order valence-electron chi connectivity index (χ2n) is 15.6. The summed E-state index contributed by atoms with van der Waals surface area (Å²) in [6.07, 6.45) is 50.0. The van der Waals surface area contributed by atoms with E-state index < -0.39 is 18.2 Å². The van der Waals surface area contributed by atoms with E-state index in [1.165, 1.54) is 167 Å². The Kier molecular flexibility index (Phi) is 40.6. The Morgan fingerprint density at radius 2 is 0.804 bits per heavy atom. The van der Waals surface area contributed by atoms with Gasteiger partial charge >= 0.3 is 0 Å². The quantitative estimate of drug-likeness (QED) is 0.0374. The van der Waals surface area contributed by atoms with E-state index in [0.29, 0.717) is 12.8 Å². The standard InChI is InChI=1S/C46H89NO4/c1-3-5-7-9-11-13-15-17-19-21-22-23-24-25-26-28-30-32-34-36-38-40-44(49)46(51)43(42-48)47-45(50)41-39-37-35-33-31-29-27-20-18-16-14-12-10-8-6-4-2/h25-26,32,34,43-44,46,48-49,51H,3-24,27-31,33,35-42H2,1-2H3,(H,47,50)/b26-25+,34-32+. The zero-order chi connectivity index (χ0) is 37.3. The van der Waals surface area contributed by atoms with Crippen LogP contribution in [-0.4, -0.2) is 46.1 Å². The number of rotatable bonds is 41. The van der Waals surface area contributed by atoms with Crippen molar-refractivity contribution in [1.82, 2.24) is 5.32 Å². The minimum absolute atomic E-state index is 0.156. The molecule has 3 unspecified atom stereocenters. The Hall–Kier alpha value is -1.17. The van der Waals surface area contributed by atoms with Crippen molar-refractivity contribution in [3.05, 3.63) is 24.3 Å². The van der Waals surface area contributed by atoms with Crippen LogP contribution in [0.25, 0.3) is 0 Å². The summed E-state index contributed by atoms with van der Waals surface area (Å²) in [6.45, 7) is 4.18. The lowest BCUT2D eigenvalue weighted by atomic mass is 10.0. The second-order valence-corrected chi connectivity index (χ2v) is 15.6. The van der Waals surface area contributed by atoms with Crippen molar-refractivity contribution < 1.29 is 20.1 Å². The summed E-state index contributed by atoms with van der Waals surface area (Å²) >= 11 is 0. The van der Waals surface area contributed by atoms with Gasteiger partial charge in [-0.2, -0.15) is 0 Å². The van der Waals surface area contributed by atoms with E-state index in [2.05, 4.69) is 43.5 Å². The van der Waals surface area contributed by atoms with Crippen LogP contribution in [0.1, 0.15) is 239 Å². The molecule has 0 aliphatic carbocycles. The Labute approximate surface area is 318 Å².